The fourth-order valence-corrected chi connectivity index (χ4v) is 4.44. The van der Waals surface area contributed by atoms with Crippen molar-refractivity contribution in [3.8, 4) is 0 Å². The van der Waals surface area contributed by atoms with Crippen molar-refractivity contribution in [2.24, 2.45) is 11.8 Å². The van der Waals surface area contributed by atoms with Gasteiger partial charge in [0.2, 0.25) is 5.91 Å². The molecule has 2 aliphatic rings. The summed E-state index contributed by atoms with van der Waals surface area (Å²) in [5.74, 6) is 0.116. The summed E-state index contributed by atoms with van der Waals surface area (Å²) in [5.41, 5.74) is 1.84. The van der Waals surface area contributed by atoms with Crippen LogP contribution in [-0.2, 0) is 11.3 Å². The van der Waals surface area contributed by atoms with Crippen molar-refractivity contribution < 1.29 is 18.0 Å². The molecule has 1 amide bonds. The van der Waals surface area contributed by atoms with Crippen LogP contribution in [0.1, 0.15) is 31.2 Å². The summed E-state index contributed by atoms with van der Waals surface area (Å²) in [6, 6.07) is 7.72. The average molecular weight is 477 g/mol. The highest BCUT2D eigenvalue weighted by Crippen LogP contribution is 2.35. The molecule has 0 saturated carbocycles. The Morgan fingerprint density at radius 3 is 2.26 bits per heavy atom. The molecule has 0 spiro atoms. The Morgan fingerprint density at radius 1 is 1.00 bits per heavy atom. The molecule has 0 aliphatic carbocycles. The summed E-state index contributed by atoms with van der Waals surface area (Å²) in [4.78, 5) is 25.2. The first-order chi connectivity index (χ1) is 16.3. The lowest BCUT2D eigenvalue weighted by molar-refractivity contribution is -0.179. The van der Waals surface area contributed by atoms with Gasteiger partial charge in [-0.1, -0.05) is 12.1 Å². The van der Waals surface area contributed by atoms with Crippen LogP contribution in [0.2, 0.25) is 0 Å². The first kappa shape index (κ1) is 24.3. The molecule has 34 heavy (non-hydrogen) atoms. The van der Waals surface area contributed by atoms with Gasteiger partial charge in [0.1, 0.15) is 11.6 Å². The molecule has 2 fully saturated rings. The van der Waals surface area contributed by atoms with Crippen molar-refractivity contribution in [3.63, 3.8) is 0 Å². The number of halogens is 3. The molecule has 1 aromatic carbocycles. The van der Waals surface area contributed by atoms with E-state index < -0.39 is 12.1 Å². The van der Waals surface area contributed by atoms with Gasteiger partial charge in [0.15, 0.2) is 0 Å². The number of rotatable bonds is 6. The van der Waals surface area contributed by atoms with E-state index in [1.54, 1.807) is 12.4 Å². The Kier molecular flexibility index (Phi) is 7.55. The number of likely N-dealkylation sites (tertiary alicyclic amines) is 1. The fraction of sp³-hybridized carbons (Fsp3) is 0.542. The molecule has 2 saturated heterocycles. The molecular formula is C24H31F3N6O. The third kappa shape index (κ3) is 6.37. The molecule has 2 aromatic rings. The minimum atomic E-state index is -4.13. The van der Waals surface area contributed by atoms with Gasteiger partial charge >= 0.3 is 6.18 Å². The minimum Gasteiger partial charge on any atom is -0.355 e. The SMILES string of the molecule is CN1CCC(C(=O)NCc2ccc(Nc3cnc(N4CCC(C(F)(F)F)CC4)cn3)cc2)CC1. The molecule has 2 N–H and O–H groups in total. The van der Waals surface area contributed by atoms with E-state index in [0.29, 0.717) is 31.3 Å². The Balaban J connectivity index is 1.24. The van der Waals surface area contributed by atoms with Crippen LogP contribution in [0.15, 0.2) is 36.7 Å². The van der Waals surface area contributed by atoms with Crippen molar-refractivity contribution in [3.05, 3.63) is 42.2 Å². The second-order valence-electron chi connectivity index (χ2n) is 9.18. The number of piperidine rings is 2. The molecule has 10 heteroatoms. The zero-order valence-electron chi connectivity index (χ0n) is 19.3. The number of nitrogens with one attached hydrogen (secondary N) is 2. The number of hydrogen-bond acceptors (Lipinski definition) is 6. The third-order valence-electron chi connectivity index (χ3n) is 6.70. The van der Waals surface area contributed by atoms with E-state index in [2.05, 4.69) is 32.5 Å². The minimum absolute atomic E-state index is 0.0793. The summed E-state index contributed by atoms with van der Waals surface area (Å²) >= 11 is 0. The molecule has 184 valence electrons. The normalized spacial score (nSPS) is 18.6. The topological polar surface area (TPSA) is 73.4 Å². The van der Waals surface area contributed by atoms with Crippen LogP contribution >= 0.6 is 0 Å². The molecule has 3 heterocycles. The highest BCUT2D eigenvalue weighted by atomic mass is 19.4. The molecule has 0 atom stereocenters. The van der Waals surface area contributed by atoms with Crippen LogP contribution in [0.5, 0.6) is 0 Å². The van der Waals surface area contributed by atoms with Gasteiger partial charge < -0.3 is 20.4 Å². The predicted molar refractivity (Wildman–Crippen MR) is 125 cm³/mol. The van der Waals surface area contributed by atoms with Crippen molar-refractivity contribution >= 4 is 23.2 Å². The second kappa shape index (κ2) is 10.6. The van der Waals surface area contributed by atoms with Gasteiger partial charge in [-0.2, -0.15) is 13.2 Å². The molecule has 4 rings (SSSR count). The van der Waals surface area contributed by atoms with Crippen molar-refractivity contribution in [1.82, 2.24) is 20.2 Å². The number of alkyl halides is 3. The smallest absolute Gasteiger partial charge is 0.355 e. The summed E-state index contributed by atoms with van der Waals surface area (Å²) in [6.45, 7) is 3.05. The van der Waals surface area contributed by atoms with Crippen LogP contribution in [0.25, 0.3) is 0 Å². The Bertz CT molecular complexity index is 935. The summed E-state index contributed by atoms with van der Waals surface area (Å²) < 4.78 is 38.5. The lowest BCUT2D eigenvalue weighted by atomic mass is 9.96. The van der Waals surface area contributed by atoms with Crippen LogP contribution in [0.4, 0.5) is 30.5 Å². The lowest BCUT2D eigenvalue weighted by Crippen LogP contribution is -2.39. The predicted octanol–water partition coefficient (Wildman–Crippen LogP) is 3.96. The number of carbonyl (C=O) groups is 1. The van der Waals surface area contributed by atoms with E-state index in [4.69, 9.17) is 0 Å². The van der Waals surface area contributed by atoms with Gasteiger partial charge in [-0.15, -0.1) is 0 Å². The maximum absolute atomic E-state index is 12.8. The average Bonchev–Trinajstić information content (AvgIpc) is 2.84. The van der Waals surface area contributed by atoms with E-state index in [0.717, 1.165) is 37.2 Å². The molecule has 2 aliphatic heterocycles. The standard InChI is InChI=1S/C24H31F3N6O/c1-32-10-6-18(7-11-32)23(34)30-14-17-2-4-20(5-3-17)31-21-15-29-22(16-28-21)33-12-8-19(9-13-33)24(25,26)27/h2-5,15-16,18-19H,6-14H2,1H3,(H,28,31)(H,30,34). The zero-order chi connectivity index (χ0) is 24.1. The Labute approximate surface area is 197 Å². The molecule has 7 nitrogen and oxygen atoms in total. The number of aromatic nitrogens is 2. The first-order valence-electron chi connectivity index (χ1n) is 11.7. The molecule has 1 aromatic heterocycles. The molecular weight excluding hydrogens is 445 g/mol. The second-order valence-corrected chi connectivity index (χ2v) is 9.18. The summed E-state index contributed by atoms with van der Waals surface area (Å²) in [7, 11) is 2.08. The number of nitrogens with zero attached hydrogens (tertiary/aromatic N) is 4. The van der Waals surface area contributed by atoms with Crippen molar-refractivity contribution in [1.29, 1.82) is 0 Å². The fourth-order valence-electron chi connectivity index (χ4n) is 4.44. The van der Waals surface area contributed by atoms with E-state index in [1.807, 2.05) is 29.2 Å². The number of hydrogen-bond donors (Lipinski definition) is 2. The van der Waals surface area contributed by atoms with Crippen LogP contribution < -0.4 is 15.5 Å². The summed E-state index contributed by atoms with van der Waals surface area (Å²) in [5, 5.41) is 6.21. The van der Waals surface area contributed by atoms with Crippen molar-refractivity contribution in [2.75, 3.05) is 43.4 Å². The Hall–Kier alpha value is -2.88. The number of carbonyl (C=O) groups excluding carboxylic acids is 1. The van der Waals surface area contributed by atoms with Gasteiger partial charge in [0.25, 0.3) is 0 Å². The highest BCUT2D eigenvalue weighted by Gasteiger charge is 2.41. The molecule has 0 unspecified atom stereocenters. The van der Waals surface area contributed by atoms with Gasteiger partial charge in [-0.05, 0) is 63.5 Å². The third-order valence-corrected chi connectivity index (χ3v) is 6.70. The van der Waals surface area contributed by atoms with E-state index in [1.165, 1.54) is 0 Å². The zero-order valence-corrected chi connectivity index (χ0v) is 19.3. The maximum Gasteiger partial charge on any atom is 0.391 e. The quantitative estimate of drug-likeness (QED) is 0.658. The van der Waals surface area contributed by atoms with Gasteiger partial charge in [-0.3, -0.25) is 4.79 Å². The number of amides is 1. The largest absolute Gasteiger partial charge is 0.391 e. The van der Waals surface area contributed by atoms with Gasteiger partial charge in [-0.25, -0.2) is 9.97 Å². The highest BCUT2D eigenvalue weighted by molar-refractivity contribution is 5.78. The van der Waals surface area contributed by atoms with Crippen molar-refractivity contribution in [2.45, 2.75) is 38.4 Å². The summed E-state index contributed by atoms with van der Waals surface area (Å²) in [6.07, 6.45) is 1.00. The van der Waals surface area contributed by atoms with Crippen LogP contribution in [0, 0.1) is 11.8 Å². The van der Waals surface area contributed by atoms with Gasteiger partial charge in [0.05, 0.1) is 18.3 Å². The van der Waals surface area contributed by atoms with E-state index >= 15 is 0 Å². The lowest BCUT2D eigenvalue weighted by Gasteiger charge is -2.33. The first-order valence-corrected chi connectivity index (χ1v) is 11.7. The van der Waals surface area contributed by atoms with Crippen LogP contribution in [0.3, 0.4) is 0 Å². The van der Waals surface area contributed by atoms with E-state index in [9.17, 15) is 18.0 Å². The Morgan fingerprint density at radius 2 is 1.68 bits per heavy atom. The number of anilines is 3. The molecule has 0 bridgehead atoms. The van der Waals surface area contributed by atoms with E-state index in [-0.39, 0.29) is 24.7 Å². The maximum atomic E-state index is 12.8. The van der Waals surface area contributed by atoms with Gasteiger partial charge in [0, 0.05) is 31.2 Å². The molecule has 0 radical (unpaired) electrons. The number of benzene rings is 1. The van der Waals surface area contributed by atoms with Crippen LogP contribution in [-0.4, -0.2) is 60.2 Å². The monoisotopic (exact) mass is 476 g/mol.